The van der Waals surface area contributed by atoms with Crippen molar-refractivity contribution in [3.8, 4) is 0 Å². The molecule has 8 heteroatoms. The predicted octanol–water partition coefficient (Wildman–Crippen LogP) is 2.38. The van der Waals surface area contributed by atoms with Crippen LogP contribution in [0.1, 0.15) is 23.2 Å². The molecule has 0 spiro atoms. The number of aromatic nitrogens is 5. The summed E-state index contributed by atoms with van der Waals surface area (Å²) in [5, 5.41) is 4.74. The Bertz CT molecular complexity index is 1290. The number of hydrogen-bond acceptors (Lipinski definition) is 7. The average molecular weight is 400 g/mol. The molecule has 2 aliphatic rings. The average Bonchev–Trinajstić information content (AvgIpc) is 3.10. The fourth-order valence-electron chi connectivity index (χ4n) is 4.71. The molecule has 0 bridgehead atoms. The van der Waals surface area contributed by atoms with Crippen LogP contribution in [0.2, 0.25) is 0 Å². The van der Waals surface area contributed by atoms with Crippen LogP contribution < -0.4 is 10.5 Å². The standard InChI is InChI=1S/C22H20N6O2/c1-13-7-8-23-20-18(13)22(29)28(12-24-20)11-17-25-21(26-30-17)19-15-9-27(10-16(15)19)14-5-3-2-4-6-14/h2-8,12,15-16,19H,9-11H2,1H3. The zero-order valence-corrected chi connectivity index (χ0v) is 16.5. The van der Waals surface area contributed by atoms with Crippen LogP contribution in [0, 0.1) is 18.8 Å². The van der Waals surface area contributed by atoms with E-state index in [1.165, 1.54) is 16.6 Å². The lowest BCUT2D eigenvalue weighted by molar-refractivity contribution is 0.363. The summed E-state index contributed by atoms with van der Waals surface area (Å²) in [6, 6.07) is 12.3. The first-order chi connectivity index (χ1) is 14.7. The van der Waals surface area contributed by atoms with Gasteiger partial charge in [0.1, 0.15) is 12.9 Å². The summed E-state index contributed by atoms with van der Waals surface area (Å²) < 4.78 is 6.97. The highest BCUT2D eigenvalue weighted by Crippen LogP contribution is 2.57. The van der Waals surface area contributed by atoms with Crippen molar-refractivity contribution in [2.45, 2.75) is 19.4 Å². The molecule has 1 aliphatic heterocycles. The van der Waals surface area contributed by atoms with Crippen molar-refractivity contribution < 1.29 is 4.52 Å². The zero-order chi connectivity index (χ0) is 20.2. The second-order valence-electron chi connectivity index (χ2n) is 8.14. The summed E-state index contributed by atoms with van der Waals surface area (Å²) >= 11 is 0. The van der Waals surface area contributed by atoms with Gasteiger partial charge in [-0.1, -0.05) is 23.4 Å². The van der Waals surface area contributed by atoms with Gasteiger partial charge in [0.15, 0.2) is 11.5 Å². The molecule has 150 valence electrons. The van der Waals surface area contributed by atoms with Gasteiger partial charge in [-0.3, -0.25) is 9.36 Å². The maximum Gasteiger partial charge on any atom is 0.263 e. The van der Waals surface area contributed by atoms with Crippen LogP contribution in [-0.2, 0) is 6.54 Å². The largest absolute Gasteiger partial charge is 0.371 e. The van der Waals surface area contributed by atoms with Crippen molar-refractivity contribution in [1.29, 1.82) is 0 Å². The van der Waals surface area contributed by atoms with Crippen LogP contribution in [0.3, 0.4) is 0 Å². The third kappa shape index (κ3) is 2.71. The minimum Gasteiger partial charge on any atom is -0.371 e. The molecule has 8 nitrogen and oxygen atoms in total. The van der Waals surface area contributed by atoms with Gasteiger partial charge in [0, 0.05) is 30.9 Å². The SMILES string of the molecule is Cc1ccnc2ncn(Cc3nc(C4C5CN(c6ccccc6)CC54)no3)c(=O)c12. The van der Waals surface area contributed by atoms with E-state index in [0.29, 0.717) is 34.7 Å². The van der Waals surface area contributed by atoms with Crippen LogP contribution in [0.15, 0.2) is 58.2 Å². The molecule has 1 saturated carbocycles. The molecule has 1 saturated heterocycles. The quantitative estimate of drug-likeness (QED) is 0.519. The Balaban J connectivity index is 1.19. The predicted molar refractivity (Wildman–Crippen MR) is 110 cm³/mol. The lowest BCUT2D eigenvalue weighted by Gasteiger charge is -2.21. The highest BCUT2D eigenvalue weighted by molar-refractivity contribution is 5.76. The van der Waals surface area contributed by atoms with Crippen LogP contribution >= 0.6 is 0 Å². The minimum atomic E-state index is -0.146. The molecule has 6 rings (SSSR count). The summed E-state index contributed by atoms with van der Waals surface area (Å²) in [6.45, 7) is 4.13. The number of aryl methyl sites for hydroxylation is 1. The first kappa shape index (κ1) is 17.3. The molecule has 1 aliphatic carbocycles. The molecular formula is C22H20N6O2. The number of benzene rings is 1. The Morgan fingerprint density at radius 3 is 2.70 bits per heavy atom. The molecule has 1 aromatic carbocycles. The molecule has 2 unspecified atom stereocenters. The molecular weight excluding hydrogens is 380 g/mol. The molecule has 2 fully saturated rings. The third-order valence-corrected chi connectivity index (χ3v) is 6.34. The monoisotopic (exact) mass is 400 g/mol. The Morgan fingerprint density at radius 2 is 1.90 bits per heavy atom. The van der Waals surface area contributed by atoms with Gasteiger partial charge in [0.05, 0.1) is 5.39 Å². The van der Waals surface area contributed by atoms with Crippen molar-refractivity contribution >= 4 is 16.7 Å². The van der Waals surface area contributed by atoms with E-state index in [1.807, 2.05) is 19.1 Å². The van der Waals surface area contributed by atoms with Crippen LogP contribution in [-0.4, -0.2) is 37.8 Å². The normalized spacial score (nSPS) is 22.4. The summed E-state index contributed by atoms with van der Waals surface area (Å²) in [5.74, 6) is 2.66. The summed E-state index contributed by atoms with van der Waals surface area (Å²) in [7, 11) is 0. The fourth-order valence-corrected chi connectivity index (χ4v) is 4.71. The van der Waals surface area contributed by atoms with E-state index in [1.54, 1.807) is 6.20 Å². The van der Waals surface area contributed by atoms with Crippen LogP contribution in [0.4, 0.5) is 5.69 Å². The maximum absolute atomic E-state index is 12.8. The van der Waals surface area contributed by atoms with E-state index in [2.05, 4.69) is 49.3 Å². The third-order valence-electron chi connectivity index (χ3n) is 6.34. The van der Waals surface area contributed by atoms with Gasteiger partial charge >= 0.3 is 0 Å². The lowest BCUT2D eigenvalue weighted by atomic mass is 10.2. The van der Waals surface area contributed by atoms with E-state index in [-0.39, 0.29) is 12.1 Å². The Morgan fingerprint density at radius 1 is 1.10 bits per heavy atom. The summed E-state index contributed by atoms with van der Waals surface area (Å²) in [6.07, 6.45) is 3.15. The van der Waals surface area contributed by atoms with Crippen molar-refractivity contribution in [2.24, 2.45) is 11.8 Å². The number of hydrogen-bond donors (Lipinski definition) is 0. The van der Waals surface area contributed by atoms with Crippen LogP contribution in [0.25, 0.3) is 11.0 Å². The van der Waals surface area contributed by atoms with Gasteiger partial charge in [-0.2, -0.15) is 4.98 Å². The second kappa shape index (κ2) is 6.48. The fraction of sp³-hybridized carbons (Fsp3) is 0.318. The highest BCUT2D eigenvalue weighted by atomic mass is 16.5. The summed E-state index contributed by atoms with van der Waals surface area (Å²) in [5.41, 5.74) is 2.43. The number of fused-ring (bicyclic) bond motifs is 2. The lowest BCUT2D eigenvalue weighted by Crippen LogP contribution is -2.23. The molecule has 0 amide bonds. The van der Waals surface area contributed by atoms with E-state index in [0.717, 1.165) is 24.5 Å². The molecule has 0 radical (unpaired) electrons. The van der Waals surface area contributed by atoms with E-state index < -0.39 is 0 Å². The van der Waals surface area contributed by atoms with Crippen molar-refractivity contribution in [1.82, 2.24) is 24.7 Å². The Kier molecular flexibility index (Phi) is 3.74. The van der Waals surface area contributed by atoms with Gasteiger partial charge in [-0.15, -0.1) is 0 Å². The molecule has 4 heterocycles. The smallest absolute Gasteiger partial charge is 0.263 e. The first-order valence-corrected chi connectivity index (χ1v) is 10.1. The van der Waals surface area contributed by atoms with Gasteiger partial charge in [-0.05, 0) is 42.5 Å². The Hall–Kier alpha value is -3.55. The first-order valence-electron chi connectivity index (χ1n) is 10.1. The van der Waals surface area contributed by atoms with Gasteiger partial charge in [0.2, 0.25) is 5.89 Å². The number of para-hydroxylation sites is 1. The number of rotatable bonds is 4. The van der Waals surface area contributed by atoms with Crippen molar-refractivity contribution in [3.63, 3.8) is 0 Å². The number of pyridine rings is 1. The van der Waals surface area contributed by atoms with Crippen molar-refractivity contribution in [2.75, 3.05) is 18.0 Å². The van der Waals surface area contributed by atoms with Crippen LogP contribution in [0.5, 0.6) is 0 Å². The topological polar surface area (TPSA) is 89.9 Å². The summed E-state index contributed by atoms with van der Waals surface area (Å²) in [4.78, 5) is 28.3. The van der Waals surface area contributed by atoms with E-state index in [4.69, 9.17) is 4.52 Å². The van der Waals surface area contributed by atoms with Gasteiger partial charge < -0.3 is 9.42 Å². The second-order valence-corrected chi connectivity index (χ2v) is 8.14. The number of nitrogens with zero attached hydrogens (tertiary/aromatic N) is 6. The van der Waals surface area contributed by atoms with Crippen molar-refractivity contribution in [3.05, 3.63) is 76.6 Å². The van der Waals surface area contributed by atoms with Gasteiger partial charge in [-0.25, -0.2) is 9.97 Å². The maximum atomic E-state index is 12.8. The molecule has 3 aromatic heterocycles. The van der Waals surface area contributed by atoms with E-state index >= 15 is 0 Å². The zero-order valence-electron chi connectivity index (χ0n) is 16.5. The van der Waals surface area contributed by atoms with E-state index in [9.17, 15) is 4.79 Å². The Labute approximate surface area is 172 Å². The molecule has 30 heavy (non-hydrogen) atoms. The van der Waals surface area contributed by atoms with Gasteiger partial charge in [0.25, 0.3) is 5.56 Å². The molecule has 4 aromatic rings. The molecule has 0 N–H and O–H groups in total. The molecule has 2 atom stereocenters. The highest BCUT2D eigenvalue weighted by Gasteiger charge is 2.58. The number of piperidine rings is 1. The minimum absolute atomic E-state index is 0.146. The number of anilines is 1.